The highest BCUT2D eigenvalue weighted by Crippen LogP contribution is 2.41. The van der Waals surface area contributed by atoms with Crippen LogP contribution in [0.25, 0.3) is 22.0 Å². The lowest BCUT2D eigenvalue weighted by Gasteiger charge is -2.28. The molecule has 2 amide bonds. The molecule has 1 atom stereocenters. The van der Waals surface area contributed by atoms with E-state index in [2.05, 4.69) is 26.7 Å². The predicted molar refractivity (Wildman–Crippen MR) is 214 cm³/mol. The minimum Gasteiger partial charge on any atom is -0.506 e. The van der Waals surface area contributed by atoms with E-state index in [4.69, 9.17) is 16.2 Å². The molecule has 0 bridgehead atoms. The third-order valence-corrected chi connectivity index (χ3v) is 9.61. The number of aromatic amines is 1. The summed E-state index contributed by atoms with van der Waals surface area (Å²) < 4.78 is 5.49. The Labute approximate surface area is 325 Å². The lowest BCUT2D eigenvalue weighted by atomic mass is 9.79. The molecule has 14 heteroatoms. The van der Waals surface area contributed by atoms with Crippen LogP contribution in [-0.2, 0) is 17.8 Å². The largest absolute Gasteiger partial charge is 0.506 e. The Bertz CT molecular complexity index is 2100. The van der Waals surface area contributed by atoms with Crippen molar-refractivity contribution >= 4 is 53.4 Å². The zero-order valence-corrected chi connectivity index (χ0v) is 31.3. The van der Waals surface area contributed by atoms with E-state index in [1.54, 1.807) is 30.5 Å². The number of pyridine rings is 2. The van der Waals surface area contributed by atoms with Crippen molar-refractivity contribution in [3.63, 3.8) is 0 Å². The molecule has 6 rings (SSSR count). The minimum absolute atomic E-state index is 0. The number of ether oxygens (including phenoxy) is 1. The number of benzene rings is 3. The van der Waals surface area contributed by atoms with Crippen LogP contribution in [0.2, 0.25) is 0 Å². The fourth-order valence-electron chi connectivity index (χ4n) is 6.94. The van der Waals surface area contributed by atoms with E-state index in [0.717, 1.165) is 42.4 Å². The molecule has 3 aromatic carbocycles. The lowest BCUT2D eigenvalue weighted by Crippen LogP contribution is -2.25. The van der Waals surface area contributed by atoms with Crippen molar-refractivity contribution in [3.8, 4) is 22.6 Å². The number of nitrogens with two attached hydrogens (primary N) is 2. The summed E-state index contributed by atoms with van der Waals surface area (Å²) in [5.41, 5.74) is 17.4. The Morgan fingerprint density at radius 1 is 0.963 bits per heavy atom. The first kappa shape index (κ1) is 41.8. The molecule has 9 N–H and O–H groups in total. The summed E-state index contributed by atoms with van der Waals surface area (Å²) in [6.45, 7) is 0.584. The number of hydrogen-bond donors (Lipinski definition) is 7. The Morgan fingerprint density at radius 2 is 1.74 bits per heavy atom. The van der Waals surface area contributed by atoms with Crippen molar-refractivity contribution < 1.29 is 24.5 Å². The number of aliphatic hydroxyl groups excluding tert-OH is 1. The van der Waals surface area contributed by atoms with Crippen LogP contribution in [0.4, 0.5) is 10.5 Å². The van der Waals surface area contributed by atoms with Crippen molar-refractivity contribution in [2.24, 2.45) is 11.5 Å². The Morgan fingerprint density at radius 3 is 2.48 bits per heavy atom. The van der Waals surface area contributed by atoms with Gasteiger partial charge in [-0.05, 0) is 97.0 Å². The van der Waals surface area contributed by atoms with Gasteiger partial charge in [0, 0.05) is 42.6 Å². The molecule has 1 fully saturated rings. The van der Waals surface area contributed by atoms with E-state index in [0.29, 0.717) is 53.4 Å². The maximum absolute atomic E-state index is 12.8. The number of H-pyrrole nitrogens is 1. The van der Waals surface area contributed by atoms with Gasteiger partial charge in [-0.2, -0.15) is 0 Å². The molecule has 5 aromatic rings. The van der Waals surface area contributed by atoms with Gasteiger partial charge in [-0.15, -0.1) is 24.8 Å². The third kappa shape index (κ3) is 10.6. The molecule has 1 saturated carbocycles. The SMILES string of the molecule is Cl.Cl.NC(=O)Oc1cc(CCCC(=O)Nc2ccc(CNC[C@H](O)c3ccc(O)c4[nH]c(=O)ccc34)nc2)ccc1-c1ccccc1C1CCC(N)CC1. The maximum Gasteiger partial charge on any atom is 0.409 e. The number of aliphatic hydroxyl groups is 1. The van der Waals surface area contributed by atoms with Crippen molar-refractivity contribution in [3.05, 3.63) is 118 Å². The number of aryl methyl sites for hydroxylation is 1. The van der Waals surface area contributed by atoms with Gasteiger partial charge in [-0.1, -0.05) is 42.5 Å². The first-order valence-corrected chi connectivity index (χ1v) is 17.6. The van der Waals surface area contributed by atoms with Gasteiger partial charge in [0.2, 0.25) is 11.5 Å². The lowest BCUT2D eigenvalue weighted by molar-refractivity contribution is -0.116. The second-order valence-corrected chi connectivity index (χ2v) is 13.3. The number of aromatic nitrogens is 2. The number of primary amides is 1. The fraction of sp³-hybridized carbons (Fsp3) is 0.300. The van der Waals surface area contributed by atoms with Crippen LogP contribution in [0, 0.1) is 0 Å². The first-order valence-electron chi connectivity index (χ1n) is 17.6. The molecule has 286 valence electrons. The van der Waals surface area contributed by atoms with Gasteiger partial charge in [-0.25, -0.2) is 4.79 Å². The van der Waals surface area contributed by atoms with Crippen LogP contribution in [0.5, 0.6) is 11.5 Å². The number of phenolic OH excluding ortho intramolecular Hbond substituents is 1. The zero-order chi connectivity index (χ0) is 36.6. The third-order valence-electron chi connectivity index (χ3n) is 9.61. The number of anilines is 1. The summed E-state index contributed by atoms with van der Waals surface area (Å²) in [5, 5.41) is 27.5. The highest BCUT2D eigenvalue weighted by Gasteiger charge is 2.24. The summed E-state index contributed by atoms with van der Waals surface area (Å²) in [6, 6.07) is 23.8. The molecule has 0 spiro atoms. The van der Waals surface area contributed by atoms with Crippen LogP contribution in [-0.4, -0.2) is 44.8 Å². The van der Waals surface area contributed by atoms with E-state index < -0.39 is 12.2 Å². The fourth-order valence-corrected chi connectivity index (χ4v) is 6.94. The zero-order valence-electron chi connectivity index (χ0n) is 29.6. The molecule has 0 unspecified atom stereocenters. The molecule has 12 nitrogen and oxygen atoms in total. The smallest absolute Gasteiger partial charge is 0.409 e. The number of carbonyl (C=O) groups excluding carboxylic acids is 2. The van der Waals surface area contributed by atoms with E-state index in [-0.39, 0.29) is 66.6 Å². The standard InChI is InChI=1S/C40H44N6O6.2ClH/c41-26-11-9-25(10-12-26)29-5-1-2-6-30(29)32-15-8-24(20-36(32)52-40(42)51)4-3-7-37(49)45-28-14-13-27(44-22-28)21-43-23-35(48)31-16-18-34(47)39-33(31)17-19-38(50)46-39;;/h1-2,5-6,8,13-20,22,25-26,35,43,47-48H,3-4,7,9-12,21,23,41H2,(H2,42,51)(H,45,49)(H,46,50);2*1H/t25?,26?,35-;;/m0../s1. The maximum atomic E-state index is 12.8. The first-order chi connectivity index (χ1) is 25.1. The number of rotatable bonds is 13. The minimum atomic E-state index is -0.893. The predicted octanol–water partition coefficient (Wildman–Crippen LogP) is 6.37. The molecule has 1 aliphatic carbocycles. The molecule has 2 heterocycles. The Kier molecular flexibility index (Phi) is 15.0. The number of aromatic hydroxyl groups is 1. The van der Waals surface area contributed by atoms with Crippen molar-refractivity contribution in [2.45, 2.75) is 69.6 Å². The van der Waals surface area contributed by atoms with Gasteiger partial charge in [0.15, 0.2) is 0 Å². The number of phenols is 1. The van der Waals surface area contributed by atoms with Gasteiger partial charge >= 0.3 is 6.09 Å². The molecular formula is C40H46Cl2N6O6. The second kappa shape index (κ2) is 19.4. The van der Waals surface area contributed by atoms with E-state index in [1.165, 1.54) is 17.7 Å². The number of nitrogens with zero attached hydrogens (tertiary/aromatic N) is 1. The summed E-state index contributed by atoms with van der Waals surface area (Å²) in [6.07, 6.45) is 5.25. The summed E-state index contributed by atoms with van der Waals surface area (Å²) in [5.74, 6) is 0.565. The number of fused-ring (bicyclic) bond motifs is 1. The Balaban J connectivity index is 0.00000325. The highest BCUT2D eigenvalue weighted by molar-refractivity contribution is 5.90. The molecule has 0 saturated heterocycles. The number of amides is 2. The number of nitrogens with one attached hydrogen (secondary N) is 3. The van der Waals surface area contributed by atoms with Crippen LogP contribution < -0.4 is 32.4 Å². The molecular weight excluding hydrogens is 731 g/mol. The normalized spacial score (nSPS) is 15.7. The van der Waals surface area contributed by atoms with Gasteiger partial charge in [-0.3, -0.25) is 14.6 Å². The molecule has 54 heavy (non-hydrogen) atoms. The van der Waals surface area contributed by atoms with Crippen molar-refractivity contribution in [2.75, 3.05) is 11.9 Å². The molecule has 0 aliphatic heterocycles. The van der Waals surface area contributed by atoms with Crippen molar-refractivity contribution in [1.29, 1.82) is 0 Å². The van der Waals surface area contributed by atoms with Crippen LogP contribution >= 0.6 is 24.8 Å². The Hall–Kier alpha value is -4.98. The van der Waals surface area contributed by atoms with Crippen LogP contribution in [0.15, 0.2) is 89.9 Å². The van der Waals surface area contributed by atoms with Gasteiger partial charge in [0.05, 0.1) is 29.2 Å². The van der Waals surface area contributed by atoms with E-state index >= 15 is 0 Å². The highest BCUT2D eigenvalue weighted by atomic mass is 35.5. The van der Waals surface area contributed by atoms with Gasteiger partial charge < -0.3 is 42.0 Å². The van der Waals surface area contributed by atoms with Crippen LogP contribution in [0.1, 0.15) is 72.9 Å². The van der Waals surface area contributed by atoms with Gasteiger partial charge in [0.25, 0.3) is 0 Å². The average molecular weight is 778 g/mol. The topological polar surface area (TPSA) is 206 Å². The van der Waals surface area contributed by atoms with Gasteiger partial charge in [0.1, 0.15) is 11.5 Å². The number of carbonyl (C=O) groups is 2. The van der Waals surface area contributed by atoms with E-state index in [9.17, 15) is 24.6 Å². The molecule has 0 radical (unpaired) electrons. The summed E-state index contributed by atoms with van der Waals surface area (Å²) in [4.78, 5) is 43.3. The number of halogens is 2. The summed E-state index contributed by atoms with van der Waals surface area (Å²) in [7, 11) is 0. The van der Waals surface area contributed by atoms with Crippen LogP contribution in [0.3, 0.4) is 0 Å². The summed E-state index contributed by atoms with van der Waals surface area (Å²) >= 11 is 0. The van der Waals surface area contributed by atoms with E-state index in [1.807, 2.05) is 36.4 Å². The quantitative estimate of drug-likeness (QED) is 0.0709. The molecule has 1 aliphatic rings. The molecule has 2 aromatic heterocycles. The second-order valence-electron chi connectivity index (χ2n) is 13.3. The average Bonchev–Trinajstić information content (AvgIpc) is 3.13. The van der Waals surface area contributed by atoms with Crippen molar-refractivity contribution in [1.82, 2.24) is 15.3 Å². The number of hydrogen-bond acceptors (Lipinski definition) is 9. The monoisotopic (exact) mass is 776 g/mol.